The molecule has 0 fully saturated rings. The van der Waals surface area contributed by atoms with Gasteiger partial charge < -0.3 is 0 Å². The summed E-state index contributed by atoms with van der Waals surface area (Å²) in [7, 11) is 0. The summed E-state index contributed by atoms with van der Waals surface area (Å²) in [6, 6.07) is 0. The van der Waals surface area contributed by atoms with E-state index in [1.54, 1.807) is 0 Å². The Bertz CT molecular complexity index is 180. The van der Waals surface area contributed by atoms with Crippen LogP contribution < -0.4 is 0 Å². The fraction of sp³-hybridized carbons (Fsp3) is 0.167. The van der Waals surface area contributed by atoms with Gasteiger partial charge in [0.05, 0.1) is 0 Å². The molecule has 0 spiro atoms. The average Bonchev–Trinajstić information content (AvgIpc) is 1.86. The standard InChI is InChI=1S/C6H3O4/c7-2-1-5(4-8)3-6(9)10/h3H,1H2. The Labute approximate surface area is 57.2 Å². The highest BCUT2D eigenvalue weighted by Crippen LogP contribution is 1.92. The first-order valence-corrected chi connectivity index (χ1v) is 2.35. The summed E-state index contributed by atoms with van der Waals surface area (Å²) in [6.07, 6.45) is 2.76. The summed E-state index contributed by atoms with van der Waals surface area (Å²) in [5.41, 5.74) is -0.269. The van der Waals surface area contributed by atoms with Gasteiger partial charge in [-0.1, -0.05) is 0 Å². The fourth-order valence-corrected chi connectivity index (χ4v) is 0.337. The van der Waals surface area contributed by atoms with Gasteiger partial charge in [-0.2, -0.15) is 0 Å². The molecule has 0 aliphatic heterocycles. The van der Waals surface area contributed by atoms with E-state index < -0.39 is 5.97 Å². The molecule has 0 atom stereocenters. The third-order valence-corrected chi connectivity index (χ3v) is 0.686. The number of hydrogen-bond acceptors (Lipinski definition) is 3. The second-order valence-electron chi connectivity index (χ2n) is 1.41. The molecule has 51 valence electrons. The third kappa shape index (κ3) is 3.54. The van der Waals surface area contributed by atoms with Crippen molar-refractivity contribution in [2.75, 3.05) is 0 Å². The lowest BCUT2D eigenvalue weighted by molar-refractivity contribution is -0.137. The third-order valence-electron chi connectivity index (χ3n) is 0.686. The van der Waals surface area contributed by atoms with Crippen molar-refractivity contribution in [1.29, 1.82) is 0 Å². The van der Waals surface area contributed by atoms with Crippen LogP contribution in [0.2, 0.25) is 0 Å². The molecule has 4 heteroatoms. The Morgan fingerprint density at radius 2 is 2.00 bits per heavy atom. The predicted octanol–water partition coefficient (Wildman–Crippen LogP) is -0.521. The molecule has 0 aromatic heterocycles. The molecule has 3 radical (unpaired) electrons. The monoisotopic (exact) mass is 139 g/mol. The maximum Gasteiger partial charge on any atom is 0.379 e. The molecule has 0 aliphatic rings. The van der Waals surface area contributed by atoms with Crippen LogP contribution >= 0.6 is 0 Å². The van der Waals surface area contributed by atoms with E-state index in [1.807, 2.05) is 0 Å². The van der Waals surface area contributed by atoms with Crippen LogP contribution in [0.4, 0.5) is 0 Å². The Morgan fingerprint density at radius 3 is 2.30 bits per heavy atom. The van der Waals surface area contributed by atoms with Crippen molar-refractivity contribution >= 4 is 18.5 Å². The van der Waals surface area contributed by atoms with Crippen molar-refractivity contribution in [3.8, 4) is 0 Å². The quantitative estimate of drug-likeness (QED) is 0.492. The molecule has 0 saturated carbocycles. The maximum absolute atomic E-state index is 9.77. The van der Waals surface area contributed by atoms with Crippen LogP contribution in [0.5, 0.6) is 0 Å². The van der Waals surface area contributed by atoms with Crippen LogP contribution in [0.1, 0.15) is 6.42 Å². The van der Waals surface area contributed by atoms with E-state index in [1.165, 1.54) is 12.6 Å². The van der Waals surface area contributed by atoms with E-state index in [2.05, 4.69) is 0 Å². The molecule has 0 amide bonds. The van der Waals surface area contributed by atoms with Gasteiger partial charge in [0.1, 0.15) is 0 Å². The first-order chi connectivity index (χ1) is 4.70. The fourth-order valence-electron chi connectivity index (χ4n) is 0.337. The molecule has 10 heavy (non-hydrogen) atoms. The summed E-state index contributed by atoms with van der Waals surface area (Å²) in [5, 5.41) is 9.75. The summed E-state index contributed by atoms with van der Waals surface area (Å²) in [4.78, 5) is 29.1. The molecule has 0 unspecified atom stereocenters. The Hall–Kier alpha value is -1.45. The minimum absolute atomic E-state index is 0.269. The molecule has 0 aliphatic carbocycles. The number of allylic oxidation sites excluding steroid dienone is 1. The molecule has 0 rings (SSSR count). The first-order valence-electron chi connectivity index (χ1n) is 2.35. The molecular weight excluding hydrogens is 136 g/mol. The van der Waals surface area contributed by atoms with Crippen molar-refractivity contribution in [3.05, 3.63) is 11.6 Å². The average molecular weight is 139 g/mol. The second kappa shape index (κ2) is 4.43. The summed E-state index contributed by atoms with van der Waals surface area (Å²) >= 11 is 0. The van der Waals surface area contributed by atoms with Crippen molar-refractivity contribution in [1.82, 2.24) is 0 Å². The van der Waals surface area contributed by atoms with Crippen molar-refractivity contribution in [2.45, 2.75) is 6.42 Å². The molecule has 0 N–H and O–H groups in total. The highest BCUT2D eigenvalue weighted by Gasteiger charge is 2.00. The van der Waals surface area contributed by atoms with Gasteiger partial charge in [0.15, 0.2) is 0 Å². The van der Waals surface area contributed by atoms with Gasteiger partial charge in [0, 0.05) is 18.1 Å². The lowest BCUT2D eigenvalue weighted by Crippen LogP contribution is -1.92. The highest BCUT2D eigenvalue weighted by molar-refractivity contribution is 5.90. The lowest BCUT2D eigenvalue weighted by atomic mass is 10.2. The van der Waals surface area contributed by atoms with Crippen LogP contribution in [0, 0.1) is 0 Å². The van der Waals surface area contributed by atoms with Crippen molar-refractivity contribution in [2.24, 2.45) is 0 Å². The van der Waals surface area contributed by atoms with Crippen molar-refractivity contribution < 1.29 is 19.5 Å². The van der Waals surface area contributed by atoms with Crippen LogP contribution in [-0.4, -0.2) is 18.5 Å². The first kappa shape index (κ1) is 8.55. The zero-order valence-electron chi connectivity index (χ0n) is 4.92. The SMILES string of the molecule is [O]C(=O)C=C([C]=O)C[C]=O. The molecular formula is C6H3O4. The Morgan fingerprint density at radius 1 is 1.40 bits per heavy atom. The summed E-state index contributed by atoms with van der Waals surface area (Å²) < 4.78 is 0. The number of carbonyl (C=O) groups is 1. The topological polar surface area (TPSA) is 71.1 Å². The molecule has 0 bridgehead atoms. The molecule has 0 aromatic rings. The predicted molar refractivity (Wildman–Crippen MR) is 29.8 cm³/mol. The van der Waals surface area contributed by atoms with E-state index in [9.17, 15) is 19.5 Å². The van der Waals surface area contributed by atoms with Gasteiger partial charge in [-0.05, 0) is 0 Å². The normalized spacial score (nSPS) is 10.6. The summed E-state index contributed by atoms with van der Waals surface area (Å²) in [5.74, 6) is -1.52. The van der Waals surface area contributed by atoms with Crippen LogP contribution in [0.3, 0.4) is 0 Å². The van der Waals surface area contributed by atoms with Crippen LogP contribution in [0.15, 0.2) is 11.6 Å². The largest absolute Gasteiger partial charge is 0.379 e. The molecule has 0 saturated heterocycles. The second-order valence-corrected chi connectivity index (χ2v) is 1.41. The molecule has 4 nitrogen and oxygen atoms in total. The van der Waals surface area contributed by atoms with E-state index in [0.717, 1.165) is 0 Å². The van der Waals surface area contributed by atoms with Crippen LogP contribution in [-0.2, 0) is 19.5 Å². The summed E-state index contributed by atoms with van der Waals surface area (Å²) in [6.45, 7) is 0. The van der Waals surface area contributed by atoms with Gasteiger partial charge in [-0.25, -0.2) is 9.90 Å². The van der Waals surface area contributed by atoms with Gasteiger partial charge in [-0.3, -0.25) is 9.59 Å². The maximum atomic E-state index is 9.77. The number of hydrogen-bond donors (Lipinski definition) is 0. The van der Waals surface area contributed by atoms with Crippen LogP contribution in [0.25, 0.3) is 0 Å². The van der Waals surface area contributed by atoms with Gasteiger partial charge in [0.25, 0.3) is 0 Å². The van der Waals surface area contributed by atoms with Gasteiger partial charge in [0.2, 0.25) is 12.6 Å². The zero-order chi connectivity index (χ0) is 7.98. The number of carbonyl (C=O) groups excluding carboxylic acids is 3. The van der Waals surface area contributed by atoms with E-state index >= 15 is 0 Å². The van der Waals surface area contributed by atoms with E-state index in [-0.39, 0.29) is 12.0 Å². The minimum atomic E-state index is -1.52. The lowest BCUT2D eigenvalue weighted by Gasteiger charge is -1.82. The van der Waals surface area contributed by atoms with E-state index in [4.69, 9.17) is 0 Å². The smallest absolute Gasteiger partial charge is 0.291 e. The zero-order valence-corrected chi connectivity index (χ0v) is 4.92. The highest BCUT2D eigenvalue weighted by atomic mass is 16.4. The Balaban J connectivity index is 4.16. The van der Waals surface area contributed by atoms with Crippen molar-refractivity contribution in [3.63, 3.8) is 0 Å². The molecule has 0 aromatic carbocycles. The minimum Gasteiger partial charge on any atom is -0.291 e. The van der Waals surface area contributed by atoms with E-state index in [0.29, 0.717) is 6.08 Å². The van der Waals surface area contributed by atoms with Gasteiger partial charge >= 0.3 is 5.97 Å². The molecule has 0 heterocycles. The number of rotatable bonds is 4. The van der Waals surface area contributed by atoms with Gasteiger partial charge in [-0.15, -0.1) is 0 Å². The Kier molecular flexibility index (Phi) is 3.79.